The van der Waals surface area contributed by atoms with Crippen LogP contribution in [-0.2, 0) is 4.74 Å². The van der Waals surface area contributed by atoms with Crippen LogP contribution in [0.1, 0.15) is 34.7 Å². The molecule has 3 aromatic heterocycles. The number of hydrogen-bond donors (Lipinski definition) is 1. The third-order valence-electron chi connectivity index (χ3n) is 5.12. The van der Waals surface area contributed by atoms with Gasteiger partial charge in [-0.25, -0.2) is 4.68 Å². The Morgan fingerprint density at radius 3 is 2.68 bits per heavy atom. The third kappa shape index (κ3) is 3.16. The number of aromatic nitrogens is 5. The maximum Gasteiger partial charge on any atom is 0.170 e. The first-order valence-electron chi connectivity index (χ1n) is 9.13. The van der Waals surface area contributed by atoms with E-state index in [-0.39, 0.29) is 12.1 Å². The Kier molecular flexibility index (Phi) is 5.10. The summed E-state index contributed by atoms with van der Waals surface area (Å²) >= 11 is 5.67. The van der Waals surface area contributed by atoms with E-state index in [1.54, 1.807) is 19.8 Å². The van der Waals surface area contributed by atoms with Crippen LogP contribution in [0.15, 0.2) is 43.1 Å². The first kappa shape index (κ1) is 18.6. The van der Waals surface area contributed by atoms with E-state index in [0.717, 1.165) is 17.1 Å². The van der Waals surface area contributed by atoms with E-state index < -0.39 is 0 Å². The van der Waals surface area contributed by atoms with E-state index in [0.29, 0.717) is 18.3 Å². The number of aryl methyl sites for hydroxylation is 1. The molecule has 0 spiro atoms. The van der Waals surface area contributed by atoms with Crippen LogP contribution in [0.25, 0.3) is 0 Å². The molecule has 9 heteroatoms. The number of rotatable bonds is 6. The molecule has 0 aromatic carbocycles. The highest BCUT2D eigenvalue weighted by molar-refractivity contribution is 7.80. The van der Waals surface area contributed by atoms with E-state index in [9.17, 15) is 0 Å². The lowest BCUT2D eigenvalue weighted by atomic mass is 9.97. The van der Waals surface area contributed by atoms with Gasteiger partial charge in [0.2, 0.25) is 0 Å². The fourth-order valence-corrected chi connectivity index (χ4v) is 4.24. The molecule has 3 aromatic rings. The minimum Gasteiger partial charge on any atom is -0.383 e. The molecule has 0 bridgehead atoms. The summed E-state index contributed by atoms with van der Waals surface area (Å²) in [7, 11) is 1.70. The van der Waals surface area contributed by atoms with Gasteiger partial charge in [-0.2, -0.15) is 0 Å². The van der Waals surface area contributed by atoms with Crippen LogP contribution in [0.2, 0.25) is 0 Å². The normalized spacial score (nSPS) is 19.2. The smallest absolute Gasteiger partial charge is 0.170 e. The van der Waals surface area contributed by atoms with Gasteiger partial charge in [-0.05, 0) is 44.3 Å². The Morgan fingerprint density at radius 1 is 1.21 bits per heavy atom. The number of thiocarbonyl (C=S) groups is 1. The molecular weight excluding hydrogens is 374 g/mol. The highest BCUT2D eigenvalue weighted by atomic mass is 32.1. The van der Waals surface area contributed by atoms with Crippen molar-refractivity contribution in [2.45, 2.75) is 25.9 Å². The predicted molar refractivity (Wildman–Crippen MR) is 109 cm³/mol. The van der Waals surface area contributed by atoms with E-state index in [1.165, 1.54) is 5.56 Å². The second kappa shape index (κ2) is 7.69. The lowest BCUT2D eigenvalue weighted by Crippen LogP contribution is -2.32. The van der Waals surface area contributed by atoms with Crippen LogP contribution in [0.5, 0.6) is 0 Å². The van der Waals surface area contributed by atoms with E-state index >= 15 is 0 Å². The lowest BCUT2D eigenvalue weighted by Gasteiger charge is -2.27. The summed E-state index contributed by atoms with van der Waals surface area (Å²) in [6.45, 7) is 5.48. The molecule has 0 radical (unpaired) electrons. The van der Waals surface area contributed by atoms with Crippen LogP contribution in [0.4, 0.5) is 0 Å². The molecule has 0 unspecified atom stereocenters. The van der Waals surface area contributed by atoms with Crippen LogP contribution < -0.4 is 5.32 Å². The average molecular weight is 398 g/mol. The van der Waals surface area contributed by atoms with Gasteiger partial charge in [0.25, 0.3) is 0 Å². The molecule has 1 fully saturated rings. The van der Waals surface area contributed by atoms with Crippen LogP contribution in [0, 0.1) is 13.8 Å². The molecule has 2 atom stereocenters. The second-order valence-electron chi connectivity index (χ2n) is 6.79. The summed E-state index contributed by atoms with van der Waals surface area (Å²) in [4.78, 5) is 6.77. The SMILES string of the molecule is COCCN1C(=S)N[C@H](c2ccccn2)[C@H]1c1cc(C)n(-n2cnnc2)c1C. The maximum absolute atomic E-state index is 5.67. The Labute approximate surface area is 169 Å². The van der Waals surface area contributed by atoms with Gasteiger partial charge in [-0.15, -0.1) is 10.2 Å². The zero-order chi connectivity index (χ0) is 19.7. The van der Waals surface area contributed by atoms with Gasteiger partial charge in [0.15, 0.2) is 5.11 Å². The van der Waals surface area contributed by atoms with Gasteiger partial charge in [-0.3, -0.25) is 9.66 Å². The molecular formula is C19H23N7OS. The van der Waals surface area contributed by atoms with Crippen LogP contribution in [-0.4, -0.2) is 54.8 Å². The summed E-state index contributed by atoms with van der Waals surface area (Å²) in [5.41, 5.74) is 4.35. The number of nitrogens with one attached hydrogen (secondary N) is 1. The van der Waals surface area contributed by atoms with Gasteiger partial charge in [0, 0.05) is 36.8 Å². The standard InChI is InChI=1S/C19H23N7OS/c1-13-10-15(14(2)26(13)24-11-21-22-12-24)18-17(16-6-4-5-7-20-16)23-19(28)25(18)8-9-27-3/h4-7,10-12,17-18H,8-9H2,1-3H3,(H,23,28)/t17-,18-/m1/s1. The maximum atomic E-state index is 5.67. The van der Waals surface area contributed by atoms with Crippen molar-refractivity contribution < 1.29 is 4.74 Å². The first-order chi connectivity index (χ1) is 13.6. The number of ether oxygens (including phenoxy) is 1. The molecule has 0 aliphatic carbocycles. The van der Waals surface area contributed by atoms with E-state index in [4.69, 9.17) is 17.0 Å². The topological polar surface area (TPSA) is 73.0 Å². The van der Waals surface area contributed by atoms with Gasteiger partial charge in [0.1, 0.15) is 12.7 Å². The number of hydrogen-bond acceptors (Lipinski definition) is 5. The van der Waals surface area contributed by atoms with Crippen molar-refractivity contribution in [2.75, 3.05) is 20.3 Å². The molecule has 1 aliphatic rings. The fourth-order valence-electron chi connectivity index (χ4n) is 3.91. The number of nitrogens with zero attached hydrogens (tertiary/aromatic N) is 6. The molecule has 1 aliphatic heterocycles. The molecule has 4 rings (SSSR count). The molecule has 0 amide bonds. The van der Waals surface area contributed by atoms with Crippen molar-refractivity contribution in [3.05, 3.63) is 65.8 Å². The highest BCUT2D eigenvalue weighted by Gasteiger charge is 2.41. The number of pyridine rings is 1. The lowest BCUT2D eigenvalue weighted by molar-refractivity contribution is 0.164. The van der Waals surface area contributed by atoms with Gasteiger partial charge >= 0.3 is 0 Å². The Balaban J connectivity index is 1.81. The van der Waals surface area contributed by atoms with Crippen molar-refractivity contribution >= 4 is 17.3 Å². The number of methoxy groups -OCH3 is 1. The van der Waals surface area contributed by atoms with Crippen molar-refractivity contribution in [3.8, 4) is 0 Å². The minimum absolute atomic E-state index is 0.00832. The minimum atomic E-state index is -0.0413. The summed E-state index contributed by atoms with van der Waals surface area (Å²) < 4.78 is 9.30. The largest absolute Gasteiger partial charge is 0.383 e. The van der Waals surface area contributed by atoms with Gasteiger partial charge < -0.3 is 15.0 Å². The third-order valence-corrected chi connectivity index (χ3v) is 5.48. The highest BCUT2D eigenvalue weighted by Crippen LogP contribution is 2.40. The molecule has 0 saturated carbocycles. The summed E-state index contributed by atoms with van der Waals surface area (Å²) in [5, 5.41) is 12.1. The van der Waals surface area contributed by atoms with Crippen molar-refractivity contribution in [3.63, 3.8) is 0 Å². The van der Waals surface area contributed by atoms with E-state index in [1.807, 2.05) is 29.1 Å². The van der Waals surface area contributed by atoms with Crippen molar-refractivity contribution in [2.24, 2.45) is 0 Å². The molecule has 8 nitrogen and oxygen atoms in total. The average Bonchev–Trinajstić information content (AvgIpc) is 3.39. The monoisotopic (exact) mass is 397 g/mol. The summed E-state index contributed by atoms with van der Waals surface area (Å²) in [6, 6.07) is 8.13. The molecule has 146 valence electrons. The first-order valence-corrected chi connectivity index (χ1v) is 9.53. The fraction of sp³-hybridized carbons (Fsp3) is 0.368. The van der Waals surface area contributed by atoms with Gasteiger partial charge in [0.05, 0.1) is 24.4 Å². The Bertz CT molecular complexity index is 954. The Morgan fingerprint density at radius 2 is 2.00 bits per heavy atom. The zero-order valence-corrected chi connectivity index (χ0v) is 16.9. The summed E-state index contributed by atoms with van der Waals surface area (Å²) in [5.74, 6) is 0. The van der Waals surface area contributed by atoms with E-state index in [2.05, 4.69) is 50.0 Å². The summed E-state index contributed by atoms with van der Waals surface area (Å²) in [6.07, 6.45) is 5.20. The molecule has 1 N–H and O–H groups in total. The quantitative estimate of drug-likeness (QED) is 0.638. The molecule has 4 heterocycles. The van der Waals surface area contributed by atoms with Crippen LogP contribution >= 0.6 is 12.2 Å². The second-order valence-corrected chi connectivity index (χ2v) is 7.18. The van der Waals surface area contributed by atoms with Gasteiger partial charge in [-0.1, -0.05) is 6.07 Å². The zero-order valence-electron chi connectivity index (χ0n) is 16.1. The molecule has 1 saturated heterocycles. The predicted octanol–water partition coefficient (Wildman–Crippen LogP) is 2.02. The van der Waals surface area contributed by atoms with Crippen molar-refractivity contribution in [1.29, 1.82) is 0 Å². The van der Waals surface area contributed by atoms with Crippen LogP contribution in [0.3, 0.4) is 0 Å². The van der Waals surface area contributed by atoms with Crippen molar-refractivity contribution in [1.82, 2.24) is 34.8 Å². The Hall–Kier alpha value is -2.78. The molecule has 28 heavy (non-hydrogen) atoms.